The summed E-state index contributed by atoms with van der Waals surface area (Å²) in [6.07, 6.45) is 3.46. The quantitative estimate of drug-likeness (QED) is 0.287. The zero-order valence-electron chi connectivity index (χ0n) is 18.0. The molecule has 0 saturated heterocycles. The van der Waals surface area contributed by atoms with Crippen LogP contribution in [0.25, 0.3) is 21.3 Å². The van der Waals surface area contributed by atoms with Crippen LogP contribution in [0, 0.1) is 11.6 Å². The Labute approximate surface area is 199 Å². The number of benzene rings is 3. The van der Waals surface area contributed by atoms with Crippen LogP contribution in [0.1, 0.15) is 11.1 Å². The molecule has 0 aliphatic carbocycles. The SMILES string of the molecule is O=C(Cc1ccc(-c2ccccc2)cc1)N(Cc1cccnc1)c1nc2c(F)cc(F)cc2s1. The normalized spacial score (nSPS) is 11.0. The lowest BCUT2D eigenvalue weighted by atomic mass is 10.0. The summed E-state index contributed by atoms with van der Waals surface area (Å²) in [5.41, 5.74) is 3.87. The van der Waals surface area contributed by atoms with Crippen molar-refractivity contribution in [3.63, 3.8) is 0 Å². The fraction of sp³-hybridized carbons (Fsp3) is 0.0741. The van der Waals surface area contributed by atoms with E-state index in [0.717, 1.165) is 39.7 Å². The summed E-state index contributed by atoms with van der Waals surface area (Å²) in [6.45, 7) is 0.221. The van der Waals surface area contributed by atoms with Crippen molar-refractivity contribution in [3.05, 3.63) is 114 Å². The van der Waals surface area contributed by atoms with E-state index in [4.69, 9.17) is 0 Å². The van der Waals surface area contributed by atoms with Crippen LogP contribution in [-0.4, -0.2) is 15.9 Å². The molecule has 2 heterocycles. The monoisotopic (exact) mass is 471 g/mol. The molecule has 168 valence electrons. The van der Waals surface area contributed by atoms with Gasteiger partial charge in [-0.3, -0.25) is 14.7 Å². The topological polar surface area (TPSA) is 46.1 Å². The molecule has 0 N–H and O–H groups in total. The fourth-order valence-electron chi connectivity index (χ4n) is 3.71. The highest BCUT2D eigenvalue weighted by Crippen LogP contribution is 2.32. The third kappa shape index (κ3) is 4.70. The van der Waals surface area contributed by atoms with Gasteiger partial charge in [-0.25, -0.2) is 13.8 Å². The molecule has 0 radical (unpaired) electrons. The molecular weight excluding hydrogens is 452 g/mol. The first-order valence-electron chi connectivity index (χ1n) is 10.7. The van der Waals surface area contributed by atoms with E-state index in [1.807, 2.05) is 60.7 Å². The van der Waals surface area contributed by atoms with Crippen molar-refractivity contribution >= 4 is 32.6 Å². The minimum absolute atomic E-state index is 0.0533. The van der Waals surface area contributed by atoms with Crippen molar-refractivity contribution in [2.75, 3.05) is 4.90 Å². The number of carbonyl (C=O) groups excluding carboxylic acids is 1. The number of rotatable bonds is 6. The fourth-order valence-corrected chi connectivity index (χ4v) is 4.73. The van der Waals surface area contributed by atoms with Crippen LogP contribution < -0.4 is 4.90 Å². The second-order valence-electron chi connectivity index (χ2n) is 7.81. The van der Waals surface area contributed by atoms with E-state index >= 15 is 0 Å². The molecule has 0 aliphatic rings. The molecule has 1 amide bonds. The van der Waals surface area contributed by atoms with Crippen LogP contribution >= 0.6 is 11.3 Å². The number of hydrogen-bond acceptors (Lipinski definition) is 4. The Morgan fingerprint density at radius 2 is 1.65 bits per heavy atom. The predicted molar refractivity (Wildman–Crippen MR) is 131 cm³/mol. The minimum Gasteiger partial charge on any atom is -0.283 e. The van der Waals surface area contributed by atoms with Crippen LogP contribution in [0.15, 0.2) is 91.3 Å². The van der Waals surface area contributed by atoms with Crippen LogP contribution in [0.4, 0.5) is 13.9 Å². The number of halogens is 2. The molecule has 3 aromatic carbocycles. The number of nitrogens with zero attached hydrogens (tertiary/aromatic N) is 3. The summed E-state index contributed by atoms with van der Waals surface area (Å²) >= 11 is 1.09. The van der Waals surface area contributed by atoms with Crippen molar-refractivity contribution in [2.45, 2.75) is 13.0 Å². The van der Waals surface area contributed by atoms with Gasteiger partial charge in [0.2, 0.25) is 5.91 Å². The van der Waals surface area contributed by atoms with E-state index in [1.165, 1.54) is 11.0 Å². The van der Waals surface area contributed by atoms with Crippen molar-refractivity contribution in [1.29, 1.82) is 0 Å². The molecule has 0 saturated carbocycles. The molecule has 34 heavy (non-hydrogen) atoms. The van der Waals surface area contributed by atoms with Gasteiger partial charge in [0.05, 0.1) is 17.7 Å². The van der Waals surface area contributed by atoms with E-state index in [1.54, 1.807) is 18.5 Å². The van der Waals surface area contributed by atoms with Crippen molar-refractivity contribution < 1.29 is 13.6 Å². The molecule has 5 rings (SSSR count). The number of thiazole rings is 1. The lowest BCUT2D eigenvalue weighted by molar-refractivity contribution is -0.118. The van der Waals surface area contributed by atoms with Gasteiger partial charge in [-0.2, -0.15) is 0 Å². The first-order valence-corrected chi connectivity index (χ1v) is 11.5. The highest BCUT2D eigenvalue weighted by atomic mass is 32.1. The van der Waals surface area contributed by atoms with Crippen molar-refractivity contribution in [1.82, 2.24) is 9.97 Å². The van der Waals surface area contributed by atoms with E-state index in [-0.39, 0.29) is 24.4 Å². The largest absolute Gasteiger partial charge is 0.283 e. The van der Waals surface area contributed by atoms with Gasteiger partial charge in [-0.05, 0) is 34.4 Å². The summed E-state index contributed by atoms with van der Waals surface area (Å²) < 4.78 is 28.3. The first kappa shape index (κ1) is 21.9. The van der Waals surface area contributed by atoms with Gasteiger partial charge in [0.15, 0.2) is 10.9 Å². The zero-order chi connectivity index (χ0) is 23.5. The number of carbonyl (C=O) groups is 1. The standard InChI is InChI=1S/C27H19F2N3OS/c28-22-14-23(29)26-24(15-22)34-27(31-26)32(17-19-5-4-12-30-16-19)25(33)13-18-8-10-21(11-9-18)20-6-2-1-3-7-20/h1-12,14-16H,13,17H2. The van der Waals surface area contributed by atoms with Crippen LogP contribution in [0.2, 0.25) is 0 Å². The molecule has 2 aromatic heterocycles. The van der Waals surface area contributed by atoms with Crippen molar-refractivity contribution in [2.24, 2.45) is 0 Å². The lowest BCUT2D eigenvalue weighted by Gasteiger charge is -2.20. The third-order valence-corrected chi connectivity index (χ3v) is 6.44. The van der Waals surface area contributed by atoms with Gasteiger partial charge in [0.25, 0.3) is 0 Å². The number of hydrogen-bond donors (Lipinski definition) is 0. The first-order chi connectivity index (χ1) is 16.6. The maximum absolute atomic E-state index is 14.3. The predicted octanol–water partition coefficient (Wildman–Crippen LogP) is 6.41. The Bertz CT molecular complexity index is 1440. The van der Waals surface area contributed by atoms with Gasteiger partial charge in [-0.1, -0.05) is 72.0 Å². The second-order valence-corrected chi connectivity index (χ2v) is 8.82. The number of amides is 1. The summed E-state index contributed by atoms with van der Waals surface area (Å²) in [6, 6.07) is 23.5. The molecule has 5 aromatic rings. The van der Waals surface area contributed by atoms with Crippen LogP contribution in [-0.2, 0) is 17.8 Å². The number of pyridine rings is 1. The minimum atomic E-state index is -0.747. The Kier molecular flexibility index (Phi) is 6.10. The van der Waals surface area contributed by atoms with Crippen LogP contribution in [0.5, 0.6) is 0 Å². The number of fused-ring (bicyclic) bond motifs is 1. The Morgan fingerprint density at radius 1 is 0.882 bits per heavy atom. The van der Waals surface area contributed by atoms with E-state index < -0.39 is 11.6 Å². The maximum atomic E-state index is 14.3. The number of anilines is 1. The Hall–Kier alpha value is -3.97. The Balaban J connectivity index is 1.44. The van der Waals surface area contributed by atoms with Gasteiger partial charge in [0, 0.05) is 18.5 Å². The third-order valence-electron chi connectivity index (χ3n) is 5.41. The summed E-state index contributed by atoms with van der Waals surface area (Å²) in [5, 5.41) is 0.314. The zero-order valence-corrected chi connectivity index (χ0v) is 18.8. The highest BCUT2D eigenvalue weighted by molar-refractivity contribution is 7.22. The van der Waals surface area contributed by atoms with E-state index in [2.05, 4.69) is 9.97 Å². The average Bonchev–Trinajstić information content (AvgIpc) is 3.28. The Morgan fingerprint density at radius 3 is 2.38 bits per heavy atom. The van der Waals surface area contributed by atoms with Crippen molar-refractivity contribution in [3.8, 4) is 11.1 Å². The highest BCUT2D eigenvalue weighted by Gasteiger charge is 2.22. The molecule has 0 atom stereocenters. The lowest BCUT2D eigenvalue weighted by Crippen LogP contribution is -2.31. The number of aromatic nitrogens is 2. The summed E-state index contributed by atoms with van der Waals surface area (Å²) in [5.74, 6) is -1.62. The van der Waals surface area contributed by atoms with Gasteiger partial charge in [0.1, 0.15) is 11.3 Å². The molecule has 7 heteroatoms. The molecule has 0 fully saturated rings. The average molecular weight is 472 g/mol. The summed E-state index contributed by atoms with van der Waals surface area (Å²) in [4.78, 5) is 23.4. The molecule has 4 nitrogen and oxygen atoms in total. The maximum Gasteiger partial charge on any atom is 0.233 e. The molecule has 0 spiro atoms. The van der Waals surface area contributed by atoms with Gasteiger partial charge >= 0.3 is 0 Å². The summed E-state index contributed by atoms with van der Waals surface area (Å²) in [7, 11) is 0. The second kappa shape index (κ2) is 9.49. The van der Waals surface area contributed by atoms with E-state index in [0.29, 0.717) is 9.83 Å². The molecule has 0 bridgehead atoms. The molecular formula is C27H19F2N3OS. The smallest absolute Gasteiger partial charge is 0.233 e. The van der Waals surface area contributed by atoms with Crippen LogP contribution in [0.3, 0.4) is 0 Å². The molecule has 0 unspecified atom stereocenters. The van der Waals surface area contributed by atoms with E-state index in [9.17, 15) is 13.6 Å². The molecule has 0 aliphatic heterocycles. The van der Waals surface area contributed by atoms with Gasteiger partial charge in [-0.15, -0.1) is 0 Å². The van der Waals surface area contributed by atoms with Gasteiger partial charge < -0.3 is 0 Å².